The molecule has 3 atom stereocenters. The molecular weight excluding hydrogens is 320 g/mol. The second-order valence-corrected chi connectivity index (χ2v) is 5.47. The van der Waals surface area contributed by atoms with Gasteiger partial charge >= 0.3 is 11.8 Å². The summed E-state index contributed by atoms with van der Waals surface area (Å²) in [7, 11) is 0. The lowest BCUT2D eigenvalue weighted by Crippen LogP contribution is -2.34. The maximum Gasteiger partial charge on any atom is 0.412 e. The van der Waals surface area contributed by atoms with Gasteiger partial charge in [0.1, 0.15) is 6.10 Å². The molecule has 0 saturated carbocycles. The fourth-order valence-corrected chi connectivity index (χ4v) is 2.31. The normalized spacial score (nSPS) is 23.2. The van der Waals surface area contributed by atoms with Gasteiger partial charge in [0.2, 0.25) is 0 Å². The van der Waals surface area contributed by atoms with E-state index in [1.54, 1.807) is 0 Å². The number of nitrogens with zero attached hydrogens (tertiary/aromatic N) is 3. The Bertz CT molecular complexity index is 607. The number of aliphatic hydroxyl groups excluding tert-OH is 2. The Morgan fingerprint density at radius 1 is 1.54 bits per heavy atom. The third-order valence-electron chi connectivity index (χ3n) is 3.54. The number of aliphatic hydroxyl groups is 2. The molecular formula is C14H22N4O6. The van der Waals surface area contributed by atoms with Gasteiger partial charge in [-0.05, 0) is 6.42 Å². The minimum atomic E-state index is -1.02. The predicted molar refractivity (Wildman–Crippen MR) is 82.4 cm³/mol. The number of amides is 1. The number of carbonyl (C=O) groups is 1. The Morgan fingerprint density at radius 2 is 2.33 bits per heavy atom. The molecule has 2 heterocycles. The monoisotopic (exact) mass is 342 g/mol. The Balaban J connectivity index is 1.95. The third kappa shape index (κ3) is 4.73. The Kier molecular flexibility index (Phi) is 6.64. The van der Waals surface area contributed by atoms with Gasteiger partial charge < -0.3 is 19.7 Å². The summed E-state index contributed by atoms with van der Waals surface area (Å²) >= 11 is 0. The van der Waals surface area contributed by atoms with Crippen molar-refractivity contribution in [3.05, 3.63) is 16.7 Å². The maximum absolute atomic E-state index is 12.0. The van der Waals surface area contributed by atoms with Crippen molar-refractivity contribution in [3.63, 3.8) is 0 Å². The lowest BCUT2D eigenvalue weighted by molar-refractivity contribution is -0.0603. The molecule has 1 aromatic heterocycles. The highest BCUT2D eigenvalue weighted by molar-refractivity contribution is 5.82. The second kappa shape index (κ2) is 8.71. The molecule has 0 aromatic carbocycles. The highest BCUT2D eigenvalue weighted by Crippen LogP contribution is 2.26. The van der Waals surface area contributed by atoms with E-state index in [1.165, 1.54) is 0 Å². The molecule has 0 unspecified atom stereocenters. The van der Waals surface area contributed by atoms with Gasteiger partial charge in [-0.15, -0.1) is 0 Å². The number of hydrogen-bond donors (Lipinski definition) is 3. The van der Waals surface area contributed by atoms with Crippen molar-refractivity contribution in [1.82, 2.24) is 14.8 Å². The molecule has 0 radical (unpaired) electrons. The van der Waals surface area contributed by atoms with E-state index in [1.807, 2.05) is 6.92 Å². The largest absolute Gasteiger partial charge is 0.449 e. The molecule has 0 spiro atoms. The number of nitrogens with one attached hydrogen (secondary N) is 1. The predicted octanol–water partition coefficient (Wildman–Crippen LogP) is 0.0177. The van der Waals surface area contributed by atoms with Crippen molar-refractivity contribution in [2.75, 3.05) is 18.5 Å². The number of carbonyl (C=O) groups excluding carboxylic acids is 1. The zero-order valence-corrected chi connectivity index (χ0v) is 13.4. The highest BCUT2D eigenvalue weighted by atomic mass is 16.6. The molecule has 3 N–H and O–H groups in total. The fraction of sp³-hybridized carbons (Fsp3) is 0.714. The molecule has 1 aromatic rings. The van der Waals surface area contributed by atoms with E-state index >= 15 is 0 Å². The summed E-state index contributed by atoms with van der Waals surface area (Å²) in [6, 6.07) is 0. The van der Waals surface area contributed by atoms with Crippen molar-refractivity contribution in [1.29, 1.82) is 0 Å². The standard InChI is InChI=1S/C14H22N4O6/c1-2-3-4-5-23-14(22)17-11-7-15-18(13(21)16-11)12-10(20)6-9(8-19)24-12/h7,9-10,12,19-20H,2-6,8H2,1H3,(H,16,17,21,22)/t9-,10+,12+/m0/s1. The zero-order valence-electron chi connectivity index (χ0n) is 13.4. The summed E-state index contributed by atoms with van der Waals surface area (Å²) in [5, 5.41) is 25.1. The van der Waals surface area contributed by atoms with Gasteiger partial charge in [-0.3, -0.25) is 5.32 Å². The number of unbranched alkanes of at least 4 members (excludes halogenated alkanes) is 2. The van der Waals surface area contributed by atoms with Crippen LogP contribution in [0.3, 0.4) is 0 Å². The van der Waals surface area contributed by atoms with Crippen LogP contribution in [0.25, 0.3) is 0 Å². The first-order valence-electron chi connectivity index (χ1n) is 7.89. The number of ether oxygens (including phenoxy) is 2. The average Bonchev–Trinajstić information content (AvgIpc) is 2.93. The summed E-state index contributed by atoms with van der Waals surface area (Å²) in [5.41, 5.74) is -0.790. The summed E-state index contributed by atoms with van der Waals surface area (Å²) in [4.78, 5) is 27.2. The molecule has 1 fully saturated rings. The topological polar surface area (TPSA) is 136 Å². The van der Waals surface area contributed by atoms with Gasteiger partial charge in [0.15, 0.2) is 12.0 Å². The molecule has 2 rings (SSSR count). The molecule has 24 heavy (non-hydrogen) atoms. The molecule has 10 heteroatoms. The molecule has 134 valence electrons. The van der Waals surface area contributed by atoms with Crippen molar-refractivity contribution >= 4 is 11.9 Å². The van der Waals surface area contributed by atoms with Crippen LogP contribution in [0.4, 0.5) is 10.6 Å². The molecule has 1 aliphatic rings. The van der Waals surface area contributed by atoms with Crippen LogP contribution >= 0.6 is 0 Å². The molecule has 0 bridgehead atoms. The molecule has 0 aliphatic carbocycles. The number of rotatable bonds is 7. The van der Waals surface area contributed by atoms with Crippen LogP contribution in [0.5, 0.6) is 0 Å². The number of aromatic nitrogens is 3. The van der Waals surface area contributed by atoms with E-state index < -0.39 is 30.2 Å². The van der Waals surface area contributed by atoms with E-state index in [4.69, 9.17) is 14.6 Å². The van der Waals surface area contributed by atoms with Crippen LogP contribution in [-0.4, -0.2) is 56.5 Å². The SMILES string of the molecule is CCCCCOC(=O)Nc1cnn([C@@H]2O[C@H](CO)C[C@H]2O)c(=O)n1. The number of hydrogen-bond acceptors (Lipinski definition) is 8. The first kappa shape index (κ1) is 18.3. The van der Waals surface area contributed by atoms with Crippen molar-refractivity contribution in [2.24, 2.45) is 0 Å². The highest BCUT2D eigenvalue weighted by Gasteiger charge is 2.36. The van der Waals surface area contributed by atoms with Crippen LogP contribution in [0.15, 0.2) is 11.0 Å². The molecule has 1 amide bonds. The van der Waals surface area contributed by atoms with E-state index in [-0.39, 0.29) is 25.5 Å². The van der Waals surface area contributed by atoms with Gasteiger partial charge in [0.25, 0.3) is 0 Å². The minimum Gasteiger partial charge on any atom is -0.449 e. The van der Waals surface area contributed by atoms with Crippen LogP contribution in [0.1, 0.15) is 38.8 Å². The Hall–Kier alpha value is -2.04. The smallest absolute Gasteiger partial charge is 0.412 e. The molecule has 1 saturated heterocycles. The zero-order chi connectivity index (χ0) is 17.5. The van der Waals surface area contributed by atoms with Gasteiger partial charge in [-0.25, -0.2) is 9.59 Å². The van der Waals surface area contributed by atoms with Gasteiger partial charge in [0, 0.05) is 6.42 Å². The second-order valence-electron chi connectivity index (χ2n) is 5.47. The first-order valence-corrected chi connectivity index (χ1v) is 7.89. The third-order valence-corrected chi connectivity index (χ3v) is 3.54. The Labute approximate surface area is 138 Å². The Morgan fingerprint density at radius 3 is 2.96 bits per heavy atom. The van der Waals surface area contributed by atoms with Crippen LogP contribution in [0.2, 0.25) is 0 Å². The van der Waals surface area contributed by atoms with Crippen molar-refractivity contribution in [3.8, 4) is 0 Å². The van der Waals surface area contributed by atoms with Gasteiger partial charge in [-0.1, -0.05) is 19.8 Å². The maximum atomic E-state index is 12.0. The van der Waals surface area contributed by atoms with E-state index in [9.17, 15) is 14.7 Å². The van der Waals surface area contributed by atoms with Crippen LogP contribution < -0.4 is 11.0 Å². The summed E-state index contributed by atoms with van der Waals surface area (Å²) in [6.45, 7) is 2.06. The minimum absolute atomic E-state index is 0.0528. The van der Waals surface area contributed by atoms with E-state index in [2.05, 4.69) is 15.4 Å². The summed E-state index contributed by atoms with van der Waals surface area (Å²) < 4.78 is 11.2. The fourth-order valence-electron chi connectivity index (χ4n) is 2.31. The van der Waals surface area contributed by atoms with Crippen LogP contribution in [-0.2, 0) is 9.47 Å². The lowest BCUT2D eigenvalue weighted by Gasteiger charge is -2.15. The lowest BCUT2D eigenvalue weighted by atomic mass is 10.2. The van der Waals surface area contributed by atoms with Crippen molar-refractivity contribution in [2.45, 2.75) is 51.0 Å². The summed E-state index contributed by atoms with van der Waals surface area (Å²) in [5.74, 6) is -0.0528. The average molecular weight is 342 g/mol. The number of anilines is 1. The van der Waals surface area contributed by atoms with E-state index in [0.29, 0.717) is 0 Å². The van der Waals surface area contributed by atoms with Gasteiger partial charge in [0.05, 0.1) is 25.5 Å². The quantitative estimate of drug-likeness (QED) is 0.590. The first-order chi connectivity index (χ1) is 11.5. The van der Waals surface area contributed by atoms with E-state index in [0.717, 1.165) is 30.1 Å². The van der Waals surface area contributed by atoms with Crippen molar-refractivity contribution < 1.29 is 24.5 Å². The van der Waals surface area contributed by atoms with Gasteiger partial charge in [-0.2, -0.15) is 14.8 Å². The molecule has 1 aliphatic heterocycles. The summed E-state index contributed by atoms with van der Waals surface area (Å²) in [6.07, 6.45) is 0.831. The molecule has 10 nitrogen and oxygen atoms in total. The van der Waals surface area contributed by atoms with Crippen LogP contribution in [0, 0.1) is 0 Å².